The van der Waals surface area contributed by atoms with Crippen molar-refractivity contribution in [2.45, 2.75) is 12.6 Å². The number of H-pyrrole nitrogens is 1. The minimum Gasteiger partial charge on any atom is -0.375 e. The van der Waals surface area contributed by atoms with Gasteiger partial charge in [0, 0.05) is 26.0 Å². The molecular formula is C13H17N3O. The van der Waals surface area contributed by atoms with Crippen LogP contribution in [0.15, 0.2) is 42.7 Å². The van der Waals surface area contributed by atoms with Gasteiger partial charge in [-0.25, -0.2) is 4.98 Å². The first-order valence-electron chi connectivity index (χ1n) is 5.67. The molecule has 17 heavy (non-hydrogen) atoms. The molecule has 0 aliphatic heterocycles. The van der Waals surface area contributed by atoms with Gasteiger partial charge < -0.3 is 15.0 Å². The summed E-state index contributed by atoms with van der Waals surface area (Å²) in [7, 11) is 1.73. The molecule has 2 aromatic rings. The first-order chi connectivity index (χ1) is 8.40. The van der Waals surface area contributed by atoms with Crippen molar-refractivity contribution in [3.63, 3.8) is 0 Å². The summed E-state index contributed by atoms with van der Waals surface area (Å²) in [6.45, 7) is 1.49. The van der Waals surface area contributed by atoms with Gasteiger partial charge in [-0.05, 0) is 5.56 Å². The van der Waals surface area contributed by atoms with E-state index in [9.17, 15) is 0 Å². The van der Waals surface area contributed by atoms with Gasteiger partial charge >= 0.3 is 0 Å². The molecular weight excluding hydrogens is 214 g/mol. The van der Waals surface area contributed by atoms with Crippen LogP contribution in [0.1, 0.15) is 17.5 Å². The standard InChI is InChI=1S/C13H17N3O/c1-17-12(11-5-3-2-4-6-11)9-14-10-13-15-7-8-16-13/h2-8,12,14H,9-10H2,1H3,(H,15,16). The van der Waals surface area contributed by atoms with E-state index in [0.717, 1.165) is 18.9 Å². The SMILES string of the molecule is COC(CNCc1ncc[nH]1)c1ccccc1. The van der Waals surface area contributed by atoms with Crippen LogP contribution in [-0.4, -0.2) is 23.6 Å². The third-order valence-electron chi connectivity index (χ3n) is 2.63. The highest BCUT2D eigenvalue weighted by Gasteiger charge is 2.09. The average molecular weight is 231 g/mol. The Morgan fingerprint density at radius 3 is 2.82 bits per heavy atom. The van der Waals surface area contributed by atoms with Gasteiger partial charge in [0.2, 0.25) is 0 Å². The normalized spacial score (nSPS) is 12.5. The molecule has 90 valence electrons. The molecule has 1 aromatic heterocycles. The quantitative estimate of drug-likeness (QED) is 0.798. The number of nitrogens with zero attached hydrogens (tertiary/aromatic N) is 1. The molecule has 1 aromatic carbocycles. The lowest BCUT2D eigenvalue weighted by Gasteiger charge is -2.16. The lowest BCUT2D eigenvalue weighted by Crippen LogP contribution is -2.22. The summed E-state index contributed by atoms with van der Waals surface area (Å²) >= 11 is 0. The second kappa shape index (κ2) is 6.18. The fourth-order valence-corrected chi connectivity index (χ4v) is 1.72. The van der Waals surface area contributed by atoms with Gasteiger partial charge in [0.05, 0.1) is 12.6 Å². The van der Waals surface area contributed by atoms with E-state index in [-0.39, 0.29) is 6.10 Å². The molecule has 0 amide bonds. The molecule has 0 bridgehead atoms. The highest BCUT2D eigenvalue weighted by molar-refractivity contribution is 5.17. The van der Waals surface area contributed by atoms with Crippen molar-refractivity contribution in [2.24, 2.45) is 0 Å². The van der Waals surface area contributed by atoms with Crippen LogP contribution in [0.25, 0.3) is 0 Å². The molecule has 0 saturated heterocycles. The largest absolute Gasteiger partial charge is 0.375 e. The van der Waals surface area contributed by atoms with Gasteiger partial charge in [0.1, 0.15) is 5.82 Å². The predicted octanol–water partition coefficient (Wildman–Crippen LogP) is 1.89. The van der Waals surface area contributed by atoms with Crippen molar-refractivity contribution < 1.29 is 4.74 Å². The van der Waals surface area contributed by atoms with E-state index in [4.69, 9.17) is 4.74 Å². The smallest absolute Gasteiger partial charge is 0.120 e. The zero-order valence-electron chi connectivity index (χ0n) is 9.89. The summed E-state index contributed by atoms with van der Waals surface area (Å²) < 4.78 is 5.46. The molecule has 2 rings (SSSR count). The number of benzene rings is 1. The van der Waals surface area contributed by atoms with Crippen LogP contribution in [-0.2, 0) is 11.3 Å². The molecule has 1 unspecified atom stereocenters. The molecule has 0 fully saturated rings. The third-order valence-corrected chi connectivity index (χ3v) is 2.63. The zero-order valence-corrected chi connectivity index (χ0v) is 9.89. The Balaban J connectivity index is 1.84. The Labute approximate surface area is 101 Å². The maximum absolute atomic E-state index is 5.46. The molecule has 4 heteroatoms. The highest BCUT2D eigenvalue weighted by Crippen LogP contribution is 2.14. The molecule has 4 nitrogen and oxygen atoms in total. The fourth-order valence-electron chi connectivity index (χ4n) is 1.72. The maximum Gasteiger partial charge on any atom is 0.120 e. The predicted molar refractivity (Wildman–Crippen MR) is 66.5 cm³/mol. The number of hydrogen-bond donors (Lipinski definition) is 2. The van der Waals surface area contributed by atoms with Crippen molar-refractivity contribution in [3.05, 3.63) is 54.1 Å². The van der Waals surface area contributed by atoms with Crippen LogP contribution in [0.4, 0.5) is 0 Å². The second-order valence-corrected chi connectivity index (χ2v) is 3.80. The van der Waals surface area contributed by atoms with E-state index in [1.165, 1.54) is 5.56 Å². The van der Waals surface area contributed by atoms with Gasteiger partial charge in [-0.15, -0.1) is 0 Å². The Morgan fingerprint density at radius 2 is 2.18 bits per heavy atom. The highest BCUT2D eigenvalue weighted by atomic mass is 16.5. The second-order valence-electron chi connectivity index (χ2n) is 3.80. The van der Waals surface area contributed by atoms with E-state index >= 15 is 0 Å². The van der Waals surface area contributed by atoms with Gasteiger partial charge in [0.25, 0.3) is 0 Å². The Kier molecular flexibility index (Phi) is 4.30. The molecule has 1 heterocycles. The van der Waals surface area contributed by atoms with Gasteiger partial charge in [-0.3, -0.25) is 0 Å². The molecule has 0 spiro atoms. The first-order valence-corrected chi connectivity index (χ1v) is 5.67. The first kappa shape index (κ1) is 11.8. The summed E-state index contributed by atoms with van der Waals surface area (Å²) in [5, 5.41) is 3.32. The van der Waals surface area contributed by atoms with E-state index in [1.807, 2.05) is 24.4 Å². The van der Waals surface area contributed by atoms with Crippen molar-refractivity contribution in [2.75, 3.05) is 13.7 Å². The van der Waals surface area contributed by atoms with E-state index < -0.39 is 0 Å². The van der Waals surface area contributed by atoms with Gasteiger partial charge in [0.15, 0.2) is 0 Å². The molecule has 1 atom stereocenters. The summed E-state index contributed by atoms with van der Waals surface area (Å²) in [5.74, 6) is 0.938. The number of ether oxygens (including phenoxy) is 1. The minimum absolute atomic E-state index is 0.0752. The van der Waals surface area contributed by atoms with Crippen LogP contribution < -0.4 is 5.32 Å². The molecule has 0 aliphatic rings. The number of methoxy groups -OCH3 is 1. The lowest BCUT2D eigenvalue weighted by molar-refractivity contribution is 0.102. The van der Waals surface area contributed by atoms with Crippen molar-refractivity contribution in [1.82, 2.24) is 15.3 Å². The number of aromatic amines is 1. The van der Waals surface area contributed by atoms with E-state index in [1.54, 1.807) is 13.3 Å². The zero-order chi connectivity index (χ0) is 11.9. The van der Waals surface area contributed by atoms with Crippen LogP contribution in [0.2, 0.25) is 0 Å². The number of hydrogen-bond acceptors (Lipinski definition) is 3. The Morgan fingerprint density at radius 1 is 1.35 bits per heavy atom. The Bertz CT molecular complexity index is 413. The molecule has 0 saturated carbocycles. The van der Waals surface area contributed by atoms with Crippen LogP contribution in [0, 0.1) is 0 Å². The van der Waals surface area contributed by atoms with Crippen molar-refractivity contribution in [1.29, 1.82) is 0 Å². The summed E-state index contributed by atoms with van der Waals surface area (Å²) in [6.07, 6.45) is 3.65. The fraction of sp³-hybridized carbons (Fsp3) is 0.308. The number of nitrogens with one attached hydrogen (secondary N) is 2. The average Bonchev–Trinajstić information content (AvgIpc) is 2.89. The lowest BCUT2D eigenvalue weighted by atomic mass is 10.1. The van der Waals surface area contributed by atoms with Crippen molar-refractivity contribution >= 4 is 0 Å². The molecule has 2 N–H and O–H groups in total. The summed E-state index contributed by atoms with van der Waals surface area (Å²) in [4.78, 5) is 7.21. The van der Waals surface area contributed by atoms with Crippen LogP contribution >= 0.6 is 0 Å². The van der Waals surface area contributed by atoms with Crippen LogP contribution in [0.3, 0.4) is 0 Å². The topological polar surface area (TPSA) is 49.9 Å². The number of imidazole rings is 1. The van der Waals surface area contributed by atoms with Gasteiger partial charge in [-0.2, -0.15) is 0 Å². The van der Waals surface area contributed by atoms with E-state index in [0.29, 0.717) is 0 Å². The third kappa shape index (κ3) is 3.41. The van der Waals surface area contributed by atoms with Gasteiger partial charge in [-0.1, -0.05) is 30.3 Å². The maximum atomic E-state index is 5.46. The van der Waals surface area contributed by atoms with Crippen LogP contribution in [0.5, 0.6) is 0 Å². The minimum atomic E-state index is 0.0752. The summed E-state index contributed by atoms with van der Waals surface area (Å²) in [6, 6.07) is 10.2. The van der Waals surface area contributed by atoms with Crippen molar-refractivity contribution in [3.8, 4) is 0 Å². The Hall–Kier alpha value is -1.65. The number of aromatic nitrogens is 2. The molecule has 0 aliphatic carbocycles. The number of rotatable bonds is 6. The summed E-state index contributed by atoms with van der Waals surface area (Å²) in [5.41, 5.74) is 1.18. The molecule has 0 radical (unpaired) electrons. The monoisotopic (exact) mass is 231 g/mol. The van der Waals surface area contributed by atoms with E-state index in [2.05, 4.69) is 27.4 Å².